The van der Waals surface area contributed by atoms with Gasteiger partial charge in [0.2, 0.25) is 5.91 Å². The van der Waals surface area contributed by atoms with E-state index in [2.05, 4.69) is 21.2 Å². The summed E-state index contributed by atoms with van der Waals surface area (Å²) in [4.78, 5) is 22.9. The lowest BCUT2D eigenvalue weighted by molar-refractivity contribution is -0.144. The van der Waals surface area contributed by atoms with Gasteiger partial charge in [-0.2, -0.15) is 0 Å². The van der Waals surface area contributed by atoms with Crippen LogP contribution < -0.4 is 5.32 Å². The zero-order chi connectivity index (χ0) is 16.1. The molecule has 6 heteroatoms. The van der Waals surface area contributed by atoms with Gasteiger partial charge in [0.15, 0.2) is 0 Å². The third kappa shape index (κ3) is 4.53. The van der Waals surface area contributed by atoms with E-state index in [9.17, 15) is 14.0 Å². The van der Waals surface area contributed by atoms with Gasteiger partial charge in [-0.15, -0.1) is 0 Å². The first-order chi connectivity index (χ1) is 10.5. The van der Waals surface area contributed by atoms with Gasteiger partial charge in [0.25, 0.3) is 0 Å². The highest BCUT2D eigenvalue weighted by Gasteiger charge is 2.29. The van der Waals surface area contributed by atoms with Gasteiger partial charge < -0.3 is 10.4 Å². The van der Waals surface area contributed by atoms with Gasteiger partial charge in [0, 0.05) is 12.5 Å². The summed E-state index contributed by atoms with van der Waals surface area (Å²) in [6, 6.07) is 4.80. The zero-order valence-electron chi connectivity index (χ0n) is 12.1. The van der Waals surface area contributed by atoms with Gasteiger partial charge in [0.05, 0.1) is 10.4 Å². The maximum atomic E-state index is 13.1. The van der Waals surface area contributed by atoms with E-state index in [1.54, 1.807) is 12.1 Å². The van der Waals surface area contributed by atoms with Crippen molar-refractivity contribution in [2.45, 2.75) is 32.1 Å². The number of amides is 1. The number of benzene rings is 1. The van der Waals surface area contributed by atoms with Crippen LogP contribution in [0, 0.1) is 17.7 Å². The Labute approximate surface area is 137 Å². The number of rotatable bonds is 5. The van der Waals surface area contributed by atoms with E-state index in [0.717, 1.165) is 5.56 Å². The van der Waals surface area contributed by atoms with Gasteiger partial charge >= 0.3 is 5.97 Å². The van der Waals surface area contributed by atoms with Crippen LogP contribution in [0.3, 0.4) is 0 Å². The van der Waals surface area contributed by atoms with Crippen LogP contribution in [0.25, 0.3) is 0 Å². The number of carbonyl (C=O) groups is 2. The van der Waals surface area contributed by atoms with E-state index in [-0.39, 0.29) is 23.6 Å². The highest BCUT2D eigenvalue weighted by Crippen LogP contribution is 2.29. The molecule has 0 radical (unpaired) electrons. The lowest BCUT2D eigenvalue weighted by Gasteiger charge is -2.25. The summed E-state index contributed by atoms with van der Waals surface area (Å²) in [5.74, 6) is -1.47. The van der Waals surface area contributed by atoms with Crippen molar-refractivity contribution in [3.63, 3.8) is 0 Å². The third-order valence-corrected chi connectivity index (χ3v) is 4.75. The molecule has 1 aliphatic rings. The minimum Gasteiger partial charge on any atom is -0.481 e. The molecule has 1 fully saturated rings. The fraction of sp³-hybridized carbons (Fsp3) is 0.500. The second-order valence-corrected chi connectivity index (χ2v) is 6.53. The molecule has 4 nitrogen and oxygen atoms in total. The Balaban J connectivity index is 1.74. The van der Waals surface area contributed by atoms with Crippen molar-refractivity contribution >= 4 is 27.8 Å². The number of hydrogen-bond acceptors (Lipinski definition) is 2. The summed E-state index contributed by atoms with van der Waals surface area (Å²) >= 11 is 3.14. The van der Waals surface area contributed by atoms with Gasteiger partial charge in [-0.1, -0.05) is 6.07 Å². The molecular formula is C16H19BrFNO3. The molecule has 0 unspecified atom stereocenters. The van der Waals surface area contributed by atoms with Crippen molar-refractivity contribution in [2.75, 3.05) is 6.54 Å². The van der Waals surface area contributed by atoms with Crippen LogP contribution in [0.4, 0.5) is 4.39 Å². The lowest BCUT2D eigenvalue weighted by atomic mass is 9.81. The summed E-state index contributed by atoms with van der Waals surface area (Å²) in [7, 11) is 0. The molecule has 0 bridgehead atoms. The van der Waals surface area contributed by atoms with Gasteiger partial charge in [-0.05, 0) is 65.7 Å². The number of aliphatic carboxylic acids is 1. The topological polar surface area (TPSA) is 66.4 Å². The molecule has 0 aliphatic heterocycles. The van der Waals surface area contributed by atoms with E-state index in [0.29, 0.717) is 43.1 Å². The quantitative estimate of drug-likeness (QED) is 0.835. The predicted molar refractivity (Wildman–Crippen MR) is 83.9 cm³/mol. The maximum absolute atomic E-state index is 13.1. The molecule has 1 saturated carbocycles. The SMILES string of the molecule is O=C(O)C1CCC(C(=O)NCCc2ccc(F)c(Br)c2)CC1. The molecule has 1 aromatic rings. The second kappa shape index (κ2) is 7.72. The Morgan fingerprint density at radius 1 is 1.23 bits per heavy atom. The van der Waals surface area contributed by atoms with Crippen LogP contribution in [0.15, 0.2) is 22.7 Å². The molecule has 0 aromatic heterocycles. The molecule has 2 rings (SSSR count). The summed E-state index contributed by atoms with van der Waals surface area (Å²) in [6.45, 7) is 0.496. The highest BCUT2D eigenvalue weighted by atomic mass is 79.9. The standard InChI is InChI=1S/C16H19BrFNO3/c17-13-9-10(1-6-14(13)18)7-8-19-15(20)11-2-4-12(5-3-11)16(21)22/h1,6,9,11-12H,2-5,7-8H2,(H,19,20)(H,21,22). The Morgan fingerprint density at radius 3 is 2.45 bits per heavy atom. The van der Waals surface area contributed by atoms with Crippen LogP contribution in [0.5, 0.6) is 0 Å². The van der Waals surface area contributed by atoms with Gasteiger partial charge in [0.1, 0.15) is 5.82 Å². The van der Waals surface area contributed by atoms with Crippen LogP contribution in [-0.4, -0.2) is 23.5 Å². The van der Waals surface area contributed by atoms with Crippen molar-refractivity contribution < 1.29 is 19.1 Å². The number of halogens is 2. The summed E-state index contributed by atoms with van der Waals surface area (Å²) in [5, 5.41) is 11.8. The van der Waals surface area contributed by atoms with E-state index >= 15 is 0 Å². The van der Waals surface area contributed by atoms with Crippen LogP contribution >= 0.6 is 15.9 Å². The monoisotopic (exact) mass is 371 g/mol. The molecule has 1 aliphatic carbocycles. The second-order valence-electron chi connectivity index (χ2n) is 5.68. The maximum Gasteiger partial charge on any atom is 0.306 e. The number of carboxylic acid groups (broad SMARTS) is 1. The van der Waals surface area contributed by atoms with Crippen molar-refractivity contribution in [2.24, 2.45) is 11.8 Å². The Kier molecular flexibility index (Phi) is 5.94. The van der Waals surface area contributed by atoms with E-state index in [1.807, 2.05) is 0 Å². The molecule has 1 aromatic carbocycles. The van der Waals surface area contributed by atoms with E-state index in [4.69, 9.17) is 5.11 Å². The lowest BCUT2D eigenvalue weighted by Crippen LogP contribution is -2.35. The minimum atomic E-state index is -0.763. The Bertz CT molecular complexity index is 556. The molecular weight excluding hydrogens is 353 g/mol. The number of hydrogen-bond donors (Lipinski definition) is 2. The zero-order valence-corrected chi connectivity index (χ0v) is 13.7. The summed E-state index contributed by atoms with van der Waals surface area (Å²) < 4.78 is 13.5. The molecule has 0 heterocycles. The highest BCUT2D eigenvalue weighted by molar-refractivity contribution is 9.10. The molecule has 120 valence electrons. The first kappa shape index (κ1) is 16.9. The van der Waals surface area contributed by atoms with Crippen molar-refractivity contribution in [1.82, 2.24) is 5.32 Å². The first-order valence-electron chi connectivity index (χ1n) is 7.42. The van der Waals surface area contributed by atoms with Gasteiger partial charge in [-0.25, -0.2) is 4.39 Å². The fourth-order valence-corrected chi connectivity index (χ4v) is 3.20. The Morgan fingerprint density at radius 2 is 1.86 bits per heavy atom. The average Bonchev–Trinajstić information content (AvgIpc) is 2.51. The first-order valence-corrected chi connectivity index (χ1v) is 8.21. The van der Waals surface area contributed by atoms with E-state index in [1.165, 1.54) is 6.07 Å². The smallest absolute Gasteiger partial charge is 0.306 e. The van der Waals surface area contributed by atoms with Crippen molar-refractivity contribution in [3.05, 3.63) is 34.1 Å². The fourth-order valence-electron chi connectivity index (χ4n) is 2.77. The van der Waals surface area contributed by atoms with Crippen molar-refractivity contribution in [3.8, 4) is 0 Å². The Hall–Kier alpha value is -1.43. The predicted octanol–water partition coefficient (Wildman–Crippen LogP) is 3.14. The van der Waals surface area contributed by atoms with Crippen LogP contribution in [0.1, 0.15) is 31.2 Å². The van der Waals surface area contributed by atoms with E-state index < -0.39 is 5.97 Å². The minimum absolute atomic E-state index is 0.00924. The molecule has 0 saturated heterocycles. The third-order valence-electron chi connectivity index (χ3n) is 4.14. The normalized spacial score (nSPS) is 21.4. The summed E-state index contributed by atoms with van der Waals surface area (Å²) in [6.07, 6.45) is 3.03. The molecule has 22 heavy (non-hydrogen) atoms. The number of carbonyl (C=O) groups excluding carboxylic acids is 1. The van der Waals surface area contributed by atoms with Crippen molar-refractivity contribution in [1.29, 1.82) is 0 Å². The summed E-state index contributed by atoms with van der Waals surface area (Å²) in [5.41, 5.74) is 0.947. The van der Waals surface area contributed by atoms with Gasteiger partial charge in [-0.3, -0.25) is 9.59 Å². The molecule has 1 amide bonds. The average molecular weight is 372 g/mol. The van der Waals surface area contributed by atoms with Crippen LogP contribution in [-0.2, 0) is 16.0 Å². The molecule has 0 atom stereocenters. The molecule has 0 spiro atoms. The largest absolute Gasteiger partial charge is 0.481 e. The van der Waals surface area contributed by atoms with Crippen LogP contribution in [0.2, 0.25) is 0 Å². The molecule has 2 N–H and O–H groups in total. The number of nitrogens with one attached hydrogen (secondary N) is 1. The number of carboxylic acids is 1.